The Kier molecular flexibility index (Phi) is 7.83. The lowest BCUT2D eigenvalue weighted by Gasteiger charge is -2.16. The first kappa shape index (κ1) is 22.8. The van der Waals surface area contributed by atoms with Crippen LogP contribution >= 0.6 is 0 Å². The molecule has 0 radical (unpaired) electrons. The molecule has 1 atom stereocenters. The van der Waals surface area contributed by atoms with E-state index in [9.17, 15) is 14.7 Å². The van der Waals surface area contributed by atoms with Crippen molar-refractivity contribution in [2.75, 3.05) is 27.3 Å². The number of ether oxygens (including phenoxy) is 2. The van der Waals surface area contributed by atoms with Gasteiger partial charge in [-0.1, -0.05) is 42.5 Å². The molecule has 7 heteroatoms. The van der Waals surface area contributed by atoms with Crippen molar-refractivity contribution in [2.24, 2.45) is 0 Å². The van der Waals surface area contributed by atoms with Gasteiger partial charge in [-0.15, -0.1) is 0 Å². The molecular formula is C25H26N2O5. The highest BCUT2D eigenvalue weighted by molar-refractivity contribution is 5.96. The Morgan fingerprint density at radius 1 is 0.875 bits per heavy atom. The van der Waals surface area contributed by atoms with Crippen molar-refractivity contribution < 1.29 is 24.2 Å². The predicted molar refractivity (Wildman–Crippen MR) is 122 cm³/mol. The van der Waals surface area contributed by atoms with E-state index < -0.39 is 12.0 Å². The summed E-state index contributed by atoms with van der Waals surface area (Å²) in [6.45, 7) is -0.245. The number of nitrogens with one attached hydrogen (secondary N) is 2. The van der Waals surface area contributed by atoms with Crippen LogP contribution in [0.1, 0.15) is 22.0 Å². The molecule has 32 heavy (non-hydrogen) atoms. The Labute approximate surface area is 187 Å². The Morgan fingerprint density at radius 2 is 1.56 bits per heavy atom. The number of aliphatic hydroxyl groups excluding tert-OH is 1. The fraction of sp³-hybridized carbons (Fsp3) is 0.200. The van der Waals surface area contributed by atoms with Gasteiger partial charge in [-0.2, -0.15) is 0 Å². The highest BCUT2D eigenvalue weighted by Gasteiger charge is 2.16. The zero-order valence-electron chi connectivity index (χ0n) is 18.0. The maximum absolute atomic E-state index is 12.3. The lowest BCUT2D eigenvalue weighted by atomic mass is 10.0. The maximum atomic E-state index is 12.3. The number of hydrogen-bond donors (Lipinski definition) is 3. The van der Waals surface area contributed by atoms with Gasteiger partial charge in [-0.05, 0) is 41.5 Å². The second kappa shape index (κ2) is 11.0. The molecule has 0 aliphatic rings. The van der Waals surface area contributed by atoms with E-state index in [0.29, 0.717) is 22.6 Å². The third-order valence-corrected chi connectivity index (χ3v) is 4.95. The van der Waals surface area contributed by atoms with Crippen LogP contribution in [0.5, 0.6) is 11.5 Å². The first-order valence-electron chi connectivity index (χ1n) is 10.1. The zero-order chi connectivity index (χ0) is 22.9. The van der Waals surface area contributed by atoms with Crippen molar-refractivity contribution in [3.8, 4) is 22.6 Å². The number of carbonyl (C=O) groups excluding carboxylic acids is 2. The summed E-state index contributed by atoms with van der Waals surface area (Å²) in [6.07, 6.45) is -0.995. The third kappa shape index (κ3) is 5.86. The highest BCUT2D eigenvalue weighted by Crippen LogP contribution is 2.29. The van der Waals surface area contributed by atoms with E-state index in [1.165, 1.54) is 14.2 Å². The van der Waals surface area contributed by atoms with Crippen LogP contribution in [-0.2, 0) is 4.79 Å². The molecule has 1 unspecified atom stereocenters. The van der Waals surface area contributed by atoms with E-state index in [-0.39, 0.29) is 19.0 Å². The molecule has 0 aliphatic heterocycles. The summed E-state index contributed by atoms with van der Waals surface area (Å²) in [4.78, 5) is 24.5. The molecule has 0 aromatic heterocycles. The van der Waals surface area contributed by atoms with Gasteiger partial charge in [0.25, 0.3) is 5.91 Å². The molecule has 3 aromatic rings. The fourth-order valence-electron chi connectivity index (χ4n) is 3.19. The van der Waals surface area contributed by atoms with Crippen LogP contribution in [-0.4, -0.2) is 44.2 Å². The van der Waals surface area contributed by atoms with Crippen LogP contribution in [0.15, 0.2) is 72.8 Å². The van der Waals surface area contributed by atoms with Gasteiger partial charge in [-0.3, -0.25) is 9.59 Å². The van der Waals surface area contributed by atoms with Crippen molar-refractivity contribution in [3.63, 3.8) is 0 Å². The van der Waals surface area contributed by atoms with Gasteiger partial charge in [0.1, 0.15) is 11.5 Å². The molecule has 0 fully saturated rings. The van der Waals surface area contributed by atoms with Gasteiger partial charge in [0.05, 0.1) is 26.9 Å². The molecular weight excluding hydrogens is 408 g/mol. The van der Waals surface area contributed by atoms with Gasteiger partial charge in [0, 0.05) is 17.7 Å². The summed E-state index contributed by atoms with van der Waals surface area (Å²) < 4.78 is 10.4. The smallest absolute Gasteiger partial charge is 0.251 e. The Balaban J connectivity index is 1.50. The number of benzene rings is 3. The quantitative estimate of drug-likeness (QED) is 0.481. The Bertz CT molecular complexity index is 1050. The van der Waals surface area contributed by atoms with Crippen LogP contribution in [0.2, 0.25) is 0 Å². The normalized spacial score (nSPS) is 11.3. The van der Waals surface area contributed by atoms with Crippen LogP contribution in [0.3, 0.4) is 0 Å². The third-order valence-electron chi connectivity index (χ3n) is 4.95. The lowest BCUT2D eigenvalue weighted by Crippen LogP contribution is -2.38. The van der Waals surface area contributed by atoms with Gasteiger partial charge in [0.2, 0.25) is 5.91 Å². The molecule has 3 rings (SSSR count). The topological polar surface area (TPSA) is 96.9 Å². The van der Waals surface area contributed by atoms with E-state index >= 15 is 0 Å². The minimum absolute atomic E-state index is 0.0377. The van der Waals surface area contributed by atoms with E-state index in [2.05, 4.69) is 10.6 Å². The summed E-state index contributed by atoms with van der Waals surface area (Å²) in [7, 11) is 3.02. The van der Waals surface area contributed by atoms with Crippen LogP contribution in [0.25, 0.3) is 11.1 Å². The number of carbonyl (C=O) groups is 2. The predicted octanol–water partition coefficient (Wildman–Crippen LogP) is 2.95. The number of amides is 2. The average Bonchev–Trinajstić information content (AvgIpc) is 2.85. The molecule has 3 N–H and O–H groups in total. The van der Waals surface area contributed by atoms with E-state index in [0.717, 1.165) is 11.1 Å². The van der Waals surface area contributed by atoms with E-state index in [1.807, 2.05) is 42.5 Å². The number of rotatable bonds is 9. The molecule has 0 spiro atoms. The largest absolute Gasteiger partial charge is 0.497 e. The molecule has 0 aliphatic carbocycles. The number of hydrogen-bond acceptors (Lipinski definition) is 5. The Hall–Kier alpha value is -3.84. The summed E-state index contributed by atoms with van der Waals surface area (Å²) in [5.41, 5.74) is 3.01. The first-order valence-corrected chi connectivity index (χ1v) is 10.1. The van der Waals surface area contributed by atoms with Crippen molar-refractivity contribution in [1.29, 1.82) is 0 Å². The monoisotopic (exact) mass is 434 g/mol. The van der Waals surface area contributed by atoms with Gasteiger partial charge in [-0.25, -0.2) is 0 Å². The maximum Gasteiger partial charge on any atom is 0.251 e. The van der Waals surface area contributed by atoms with Crippen LogP contribution in [0, 0.1) is 0 Å². The van der Waals surface area contributed by atoms with E-state index in [1.54, 1.807) is 30.3 Å². The van der Waals surface area contributed by atoms with Crippen molar-refractivity contribution in [3.05, 3.63) is 83.9 Å². The van der Waals surface area contributed by atoms with Gasteiger partial charge < -0.3 is 25.2 Å². The molecule has 7 nitrogen and oxygen atoms in total. The molecule has 0 bridgehead atoms. The lowest BCUT2D eigenvalue weighted by molar-refractivity contribution is -0.120. The summed E-state index contributed by atoms with van der Waals surface area (Å²) in [6, 6.07) is 22.1. The van der Waals surface area contributed by atoms with Gasteiger partial charge >= 0.3 is 0 Å². The SMILES string of the molecule is COc1ccc(OC)c(C(O)CNC(=O)CNC(=O)c2ccc(-c3ccccc3)cc2)c1. The molecule has 166 valence electrons. The molecule has 2 amide bonds. The minimum Gasteiger partial charge on any atom is -0.497 e. The molecule has 0 saturated carbocycles. The van der Waals surface area contributed by atoms with Crippen molar-refractivity contribution >= 4 is 11.8 Å². The second-order valence-corrected chi connectivity index (χ2v) is 7.05. The standard InChI is InChI=1S/C25H26N2O5/c1-31-20-12-13-23(32-2)21(14-20)22(28)15-26-24(29)16-27-25(30)19-10-8-18(9-11-19)17-6-4-3-5-7-17/h3-14,22,28H,15-16H2,1-2H3,(H,26,29)(H,27,30). The average molecular weight is 434 g/mol. The first-order chi connectivity index (χ1) is 15.5. The van der Waals surface area contributed by atoms with E-state index in [4.69, 9.17) is 9.47 Å². The fourth-order valence-corrected chi connectivity index (χ4v) is 3.19. The number of aliphatic hydroxyl groups is 1. The highest BCUT2D eigenvalue weighted by atomic mass is 16.5. The molecule has 0 heterocycles. The molecule has 3 aromatic carbocycles. The summed E-state index contributed by atoms with van der Waals surface area (Å²) >= 11 is 0. The minimum atomic E-state index is -0.995. The van der Waals surface area contributed by atoms with Crippen LogP contribution < -0.4 is 20.1 Å². The summed E-state index contributed by atoms with van der Waals surface area (Å²) in [5, 5.41) is 15.6. The van der Waals surface area contributed by atoms with Crippen LogP contribution in [0.4, 0.5) is 0 Å². The second-order valence-electron chi connectivity index (χ2n) is 7.05. The van der Waals surface area contributed by atoms with Crippen molar-refractivity contribution in [2.45, 2.75) is 6.10 Å². The number of methoxy groups -OCH3 is 2. The summed E-state index contributed by atoms with van der Waals surface area (Å²) in [5.74, 6) is 0.284. The Morgan fingerprint density at radius 3 is 2.22 bits per heavy atom. The van der Waals surface area contributed by atoms with Crippen molar-refractivity contribution in [1.82, 2.24) is 10.6 Å². The zero-order valence-corrected chi connectivity index (χ0v) is 18.0. The van der Waals surface area contributed by atoms with Gasteiger partial charge in [0.15, 0.2) is 0 Å². The molecule has 0 saturated heterocycles.